The summed E-state index contributed by atoms with van der Waals surface area (Å²) in [5.41, 5.74) is 0.380. The van der Waals surface area contributed by atoms with Crippen LogP contribution in [0.25, 0.3) is 10.2 Å². The van der Waals surface area contributed by atoms with Crippen LogP contribution in [0.4, 0.5) is 0 Å². The predicted octanol–water partition coefficient (Wildman–Crippen LogP) is 1.98. The van der Waals surface area contributed by atoms with Gasteiger partial charge in [0.15, 0.2) is 9.77 Å². The molecule has 0 spiro atoms. The molecule has 1 heterocycles. The quantitative estimate of drug-likeness (QED) is 0.479. The van der Waals surface area contributed by atoms with E-state index >= 15 is 0 Å². The van der Waals surface area contributed by atoms with Crippen LogP contribution in [-0.4, -0.2) is 31.1 Å². The summed E-state index contributed by atoms with van der Waals surface area (Å²) in [5, 5.41) is 0. The Morgan fingerprint density at radius 1 is 1.23 bits per heavy atom. The summed E-state index contributed by atoms with van der Waals surface area (Å²) in [6.45, 7) is 0. The van der Waals surface area contributed by atoms with Gasteiger partial charge < -0.3 is 9.47 Å². The summed E-state index contributed by atoms with van der Waals surface area (Å²) >= 11 is 2.10. The first-order chi connectivity index (χ1) is 10.5. The van der Waals surface area contributed by atoms with Crippen molar-refractivity contribution in [3.63, 3.8) is 0 Å². The Morgan fingerprint density at radius 2 is 1.95 bits per heavy atom. The first-order valence-corrected chi connectivity index (χ1v) is 7.64. The molecule has 0 saturated heterocycles. The fourth-order valence-electron chi connectivity index (χ4n) is 1.50. The lowest BCUT2D eigenvalue weighted by molar-refractivity contribution is -0.137. The molecule has 2 rings (SSSR count). The summed E-state index contributed by atoms with van der Waals surface area (Å²) in [4.78, 5) is 39.2. The van der Waals surface area contributed by atoms with Crippen molar-refractivity contribution in [2.45, 2.75) is 4.34 Å². The molecule has 22 heavy (non-hydrogen) atoms. The molecule has 0 aliphatic carbocycles. The molecule has 6 nitrogen and oxygen atoms in total. The first-order valence-electron chi connectivity index (χ1n) is 6.01. The van der Waals surface area contributed by atoms with Crippen molar-refractivity contribution < 1.29 is 19.1 Å². The highest BCUT2D eigenvalue weighted by atomic mass is 32.2. The highest BCUT2D eigenvalue weighted by Gasteiger charge is 2.17. The summed E-state index contributed by atoms with van der Waals surface area (Å²) in [6, 6.07) is 6.50. The summed E-state index contributed by atoms with van der Waals surface area (Å²) < 4.78 is 10.1. The zero-order valence-electron chi connectivity index (χ0n) is 11.7. The average molecular weight is 337 g/mol. The number of hydrogen-bond acceptors (Lipinski definition) is 8. The highest BCUT2D eigenvalue weighted by molar-refractivity contribution is 8.05. The van der Waals surface area contributed by atoms with Crippen molar-refractivity contribution in [2.24, 2.45) is 0 Å². The van der Waals surface area contributed by atoms with E-state index in [0.29, 0.717) is 14.6 Å². The molecule has 0 atom stereocenters. The van der Waals surface area contributed by atoms with Crippen LogP contribution in [0.2, 0.25) is 0 Å². The molecule has 0 amide bonds. The number of methoxy groups -OCH3 is 2. The number of hydrogen-bond donors (Lipinski definition) is 0. The number of nitrogens with zero attached hydrogens (tertiary/aromatic N) is 1. The zero-order chi connectivity index (χ0) is 16.1. The fraction of sp³-hybridized carbons (Fsp3) is 0.143. The molecule has 0 N–H and O–H groups in total. The topological polar surface area (TPSA) is 82.6 Å². The van der Waals surface area contributed by atoms with E-state index < -0.39 is 11.9 Å². The van der Waals surface area contributed by atoms with Crippen molar-refractivity contribution in [3.05, 3.63) is 45.5 Å². The monoisotopic (exact) mass is 337 g/mol. The van der Waals surface area contributed by atoms with Gasteiger partial charge >= 0.3 is 11.9 Å². The largest absolute Gasteiger partial charge is 0.466 e. The molecule has 0 fully saturated rings. The van der Waals surface area contributed by atoms with Crippen LogP contribution in [0.15, 0.2) is 44.4 Å². The van der Waals surface area contributed by atoms with Gasteiger partial charge in [-0.15, -0.1) is 11.3 Å². The molecule has 0 radical (unpaired) electrons. The standard InChI is InChI=1S/C14H11NO5S2/c1-19-11(17)7-10(13(18)20-2)21-14-15-8-5-3-4-6-9(16)12(8)22-14/h3-7H,1-2H3/b10-7-. The Labute approximate surface area is 133 Å². The molecule has 0 aliphatic rings. The van der Waals surface area contributed by atoms with E-state index in [9.17, 15) is 14.4 Å². The number of esters is 2. The molecular formula is C14H11NO5S2. The van der Waals surface area contributed by atoms with Gasteiger partial charge in [0.2, 0.25) is 0 Å². The number of thioether (sulfide) groups is 1. The van der Waals surface area contributed by atoms with Crippen LogP contribution in [0.3, 0.4) is 0 Å². The number of ether oxygens (including phenoxy) is 2. The Hall–Kier alpha value is -2.19. The average Bonchev–Trinajstić information content (AvgIpc) is 2.84. The molecule has 1 aromatic heterocycles. The molecule has 0 saturated carbocycles. The maximum Gasteiger partial charge on any atom is 0.345 e. The summed E-state index contributed by atoms with van der Waals surface area (Å²) in [6.07, 6.45) is 1.03. The minimum atomic E-state index is -0.678. The third kappa shape index (κ3) is 3.71. The maximum absolute atomic E-state index is 11.9. The Morgan fingerprint density at radius 3 is 2.64 bits per heavy atom. The van der Waals surface area contributed by atoms with E-state index in [1.54, 1.807) is 18.2 Å². The number of fused-ring (bicyclic) bond motifs is 1. The number of thiazole rings is 1. The van der Waals surface area contributed by atoms with Crippen molar-refractivity contribution in [1.82, 2.24) is 4.98 Å². The second-order valence-corrected chi connectivity index (χ2v) is 6.19. The minimum Gasteiger partial charge on any atom is -0.466 e. The van der Waals surface area contributed by atoms with Crippen molar-refractivity contribution in [1.29, 1.82) is 0 Å². The van der Waals surface area contributed by atoms with Crippen LogP contribution >= 0.6 is 23.1 Å². The number of aromatic nitrogens is 1. The Kier molecular flexibility index (Phi) is 5.29. The first kappa shape index (κ1) is 16.2. The lowest BCUT2D eigenvalue weighted by Gasteiger charge is -2.01. The highest BCUT2D eigenvalue weighted by Crippen LogP contribution is 2.32. The molecule has 2 aromatic rings. The van der Waals surface area contributed by atoms with Gasteiger partial charge in [-0.3, -0.25) is 4.79 Å². The van der Waals surface area contributed by atoms with Crippen LogP contribution in [-0.2, 0) is 19.1 Å². The molecule has 0 unspecified atom stereocenters. The second-order valence-electron chi connectivity index (χ2n) is 3.90. The van der Waals surface area contributed by atoms with E-state index in [1.807, 2.05) is 0 Å². The van der Waals surface area contributed by atoms with Crippen LogP contribution in [0, 0.1) is 0 Å². The molecule has 0 bridgehead atoms. The SMILES string of the molecule is COC(=O)/C=C(\Sc1nc2ccccc(=O)c2s1)C(=O)OC. The molecular weight excluding hydrogens is 326 g/mol. The van der Waals surface area contributed by atoms with Gasteiger partial charge in [-0.25, -0.2) is 14.6 Å². The van der Waals surface area contributed by atoms with Crippen LogP contribution in [0.1, 0.15) is 0 Å². The van der Waals surface area contributed by atoms with E-state index in [-0.39, 0.29) is 10.3 Å². The molecule has 114 valence electrons. The summed E-state index contributed by atoms with van der Waals surface area (Å²) in [5.74, 6) is -1.35. The second kappa shape index (κ2) is 7.19. The summed E-state index contributed by atoms with van der Waals surface area (Å²) in [7, 11) is 2.42. The lowest BCUT2D eigenvalue weighted by atomic mass is 10.5. The van der Waals surface area contributed by atoms with Gasteiger partial charge in [-0.2, -0.15) is 0 Å². The zero-order valence-corrected chi connectivity index (χ0v) is 13.3. The smallest absolute Gasteiger partial charge is 0.345 e. The number of rotatable bonds is 4. The van der Waals surface area contributed by atoms with E-state index in [2.05, 4.69) is 14.5 Å². The third-order valence-corrected chi connectivity index (χ3v) is 4.66. The van der Waals surface area contributed by atoms with E-state index in [1.165, 1.54) is 20.3 Å². The normalized spacial score (nSPS) is 11.3. The molecule has 8 heteroatoms. The van der Waals surface area contributed by atoms with Crippen LogP contribution < -0.4 is 5.43 Å². The molecule has 1 aromatic carbocycles. The maximum atomic E-state index is 11.9. The van der Waals surface area contributed by atoms with Gasteiger partial charge in [-0.1, -0.05) is 23.9 Å². The number of carbonyl (C=O) groups is 2. The fourth-order valence-corrected chi connectivity index (χ4v) is 3.55. The Bertz CT molecular complexity index is 812. The number of carbonyl (C=O) groups excluding carboxylic acids is 2. The van der Waals surface area contributed by atoms with E-state index in [4.69, 9.17) is 0 Å². The van der Waals surface area contributed by atoms with Crippen LogP contribution in [0.5, 0.6) is 0 Å². The van der Waals surface area contributed by atoms with Gasteiger partial charge in [0.1, 0.15) is 9.61 Å². The predicted molar refractivity (Wildman–Crippen MR) is 83.9 cm³/mol. The van der Waals surface area contributed by atoms with Gasteiger partial charge in [0, 0.05) is 6.08 Å². The lowest BCUT2D eigenvalue weighted by Crippen LogP contribution is -2.05. The van der Waals surface area contributed by atoms with Crippen molar-refractivity contribution >= 4 is 45.3 Å². The van der Waals surface area contributed by atoms with Crippen molar-refractivity contribution in [3.8, 4) is 0 Å². The van der Waals surface area contributed by atoms with E-state index in [0.717, 1.165) is 29.2 Å². The van der Waals surface area contributed by atoms with Gasteiger partial charge in [0.25, 0.3) is 0 Å². The van der Waals surface area contributed by atoms with Crippen molar-refractivity contribution in [2.75, 3.05) is 14.2 Å². The van der Waals surface area contributed by atoms with Gasteiger partial charge in [-0.05, 0) is 12.1 Å². The minimum absolute atomic E-state index is 0.0326. The Balaban J connectivity index is 2.41. The van der Waals surface area contributed by atoms with Gasteiger partial charge in [0.05, 0.1) is 19.7 Å². The molecule has 0 aliphatic heterocycles. The third-order valence-electron chi connectivity index (χ3n) is 2.50.